The predicted molar refractivity (Wildman–Crippen MR) is 67.7 cm³/mol. The lowest BCUT2D eigenvalue weighted by molar-refractivity contribution is -0.142. The standard InChI is InChI=1S/C13H17NO5/c1-9(18-2)11(12(15)16)14-13(17)19-8-10-6-4-3-5-7-10/h3-7,9,11H,8H2,1-2H3,(H,14,17)(H,15,16)/t9-,11+/m0/s1. The molecule has 1 amide bonds. The van der Waals surface area contributed by atoms with E-state index in [4.69, 9.17) is 14.6 Å². The number of methoxy groups -OCH3 is 1. The van der Waals surface area contributed by atoms with Crippen LogP contribution in [-0.2, 0) is 20.9 Å². The molecule has 0 aliphatic rings. The van der Waals surface area contributed by atoms with Crippen LogP contribution in [0, 0.1) is 0 Å². The van der Waals surface area contributed by atoms with Gasteiger partial charge in [-0.25, -0.2) is 9.59 Å². The van der Waals surface area contributed by atoms with E-state index in [0.29, 0.717) is 0 Å². The number of benzene rings is 1. The molecule has 0 saturated carbocycles. The average Bonchev–Trinajstić information content (AvgIpc) is 2.42. The first-order valence-corrected chi connectivity index (χ1v) is 5.77. The molecule has 19 heavy (non-hydrogen) atoms. The Kier molecular flexibility index (Phi) is 5.81. The first kappa shape index (κ1) is 15.0. The number of ether oxygens (including phenoxy) is 2. The molecular weight excluding hydrogens is 250 g/mol. The van der Waals surface area contributed by atoms with Crippen LogP contribution >= 0.6 is 0 Å². The van der Waals surface area contributed by atoms with Gasteiger partial charge in [0.25, 0.3) is 0 Å². The maximum atomic E-state index is 11.5. The molecule has 0 aromatic heterocycles. The van der Waals surface area contributed by atoms with Crippen molar-refractivity contribution in [3.63, 3.8) is 0 Å². The molecule has 1 aromatic carbocycles. The number of carboxylic acid groups (broad SMARTS) is 1. The number of aliphatic carboxylic acids is 1. The summed E-state index contributed by atoms with van der Waals surface area (Å²) >= 11 is 0. The van der Waals surface area contributed by atoms with E-state index in [1.807, 2.05) is 18.2 Å². The summed E-state index contributed by atoms with van der Waals surface area (Å²) in [7, 11) is 1.37. The van der Waals surface area contributed by atoms with Gasteiger partial charge in [0.1, 0.15) is 6.61 Å². The third-order valence-electron chi connectivity index (χ3n) is 2.59. The number of rotatable bonds is 6. The number of amides is 1. The van der Waals surface area contributed by atoms with E-state index < -0.39 is 24.2 Å². The molecule has 104 valence electrons. The second kappa shape index (κ2) is 7.38. The highest BCUT2D eigenvalue weighted by Gasteiger charge is 2.27. The van der Waals surface area contributed by atoms with E-state index in [-0.39, 0.29) is 6.61 Å². The molecule has 0 aliphatic heterocycles. The van der Waals surface area contributed by atoms with E-state index in [1.54, 1.807) is 19.1 Å². The number of carboxylic acids is 1. The van der Waals surface area contributed by atoms with Crippen molar-refractivity contribution < 1.29 is 24.2 Å². The summed E-state index contributed by atoms with van der Waals surface area (Å²) in [6, 6.07) is 7.96. The van der Waals surface area contributed by atoms with Gasteiger partial charge in [-0.2, -0.15) is 0 Å². The van der Waals surface area contributed by atoms with Gasteiger partial charge in [0.2, 0.25) is 0 Å². The fraction of sp³-hybridized carbons (Fsp3) is 0.385. The van der Waals surface area contributed by atoms with Crippen LogP contribution in [0.5, 0.6) is 0 Å². The van der Waals surface area contributed by atoms with Gasteiger partial charge in [-0.15, -0.1) is 0 Å². The van der Waals surface area contributed by atoms with Crippen LogP contribution in [-0.4, -0.2) is 36.4 Å². The molecular formula is C13H17NO5. The summed E-state index contributed by atoms with van der Waals surface area (Å²) < 4.78 is 9.82. The van der Waals surface area contributed by atoms with Gasteiger partial charge in [-0.3, -0.25) is 0 Å². The Labute approximate surface area is 111 Å². The van der Waals surface area contributed by atoms with Crippen LogP contribution in [0.2, 0.25) is 0 Å². The summed E-state index contributed by atoms with van der Waals surface area (Å²) in [6.07, 6.45) is -1.44. The molecule has 0 heterocycles. The van der Waals surface area contributed by atoms with Crippen molar-refractivity contribution in [3.8, 4) is 0 Å². The lowest BCUT2D eigenvalue weighted by atomic mass is 10.2. The smallest absolute Gasteiger partial charge is 0.408 e. The Morgan fingerprint density at radius 2 is 1.95 bits per heavy atom. The largest absolute Gasteiger partial charge is 0.480 e. The van der Waals surface area contributed by atoms with Gasteiger partial charge in [0, 0.05) is 7.11 Å². The third kappa shape index (κ3) is 4.97. The fourth-order valence-electron chi connectivity index (χ4n) is 1.41. The minimum Gasteiger partial charge on any atom is -0.480 e. The van der Waals surface area contributed by atoms with Gasteiger partial charge < -0.3 is 19.9 Å². The lowest BCUT2D eigenvalue weighted by Crippen LogP contribution is -2.48. The highest BCUT2D eigenvalue weighted by molar-refractivity contribution is 5.80. The zero-order chi connectivity index (χ0) is 14.3. The molecule has 2 N–H and O–H groups in total. The second-order valence-corrected chi connectivity index (χ2v) is 3.96. The Bertz CT molecular complexity index is 420. The van der Waals surface area contributed by atoms with Crippen LogP contribution in [0.25, 0.3) is 0 Å². The highest BCUT2D eigenvalue weighted by atomic mass is 16.5. The molecule has 1 aromatic rings. The van der Waals surface area contributed by atoms with Crippen molar-refractivity contribution in [1.82, 2.24) is 5.32 Å². The topological polar surface area (TPSA) is 84.9 Å². The number of nitrogens with one attached hydrogen (secondary N) is 1. The monoisotopic (exact) mass is 267 g/mol. The summed E-state index contributed by atoms with van der Waals surface area (Å²) in [6.45, 7) is 1.64. The van der Waals surface area contributed by atoms with Crippen molar-refractivity contribution in [1.29, 1.82) is 0 Å². The molecule has 2 atom stereocenters. The zero-order valence-corrected chi connectivity index (χ0v) is 10.8. The minimum absolute atomic E-state index is 0.0837. The molecule has 0 fully saturated rings. The highest BCUT2D eigenvalue weighted by Crippen LogP contribution is 2.02. The Morgan fingerprint density at radius 3 is 2.47 bits per heavy atom. The molecule has 6 nitrogen and oxygen atoms in total. The van der Waals surface area contributed by atoms with E-state index in [9.17, 15) is 9.59 Å². The third-order valence-corrected chi connectivity index (χ3v) is 2.59. The number of carbonyl (C=O) groups is 2. The van der Waals surface area contributed by atoms with Crippen molar-refractivity contribution in [3.05, 3.63) is 35.9 Å². The maximum absolute atomic E-state index is 11.5. The van der Waals surface area contributed by atoms with Gasteiger partial charge >= 0.3 is 12.1 Å². The number of hydrogen-bond acceptors (Lipinski definition) is 4. The molecule has 1 rings (SSSR count). The maximum Gasteiger partial charge on any atom is 0.408 e. The lowest BCUT2D eigenvalue weighted by Gasteiger charge is -2.19. The van der Waals surface area contributed by atoms with Crippen molar-refractivity contribution >= 4 is 12.1 Å². The minimum atomic E-state index is -1.17. The molecule has 0 radical (unpaired) electrons. The fourth-order valence-corrected chi connectivity index (χ4v) is 1.41. The van der Waals surface area contributed by atoms with Crippen LogP contribution in [0.15, 0.2) is 30.3 Å². The van der Waals surface area contributed by atoms with E-state index in [2.05, 4.69) is 5.32 Å². The normalized spacial score (nSPS) is 13.4. The van der Waals surface area contributed by atoms with Crippen LogP contribution < -0.4 is 5.32 Å². The molecule has 0 unspecified atom stereocenters. The summed E-state index contributed by atoms with van der Waals surface area (Å²) in [5, 5.41) is 11.2. The van der Waals surface area contributed by atoms with E-state index >= 15 is 0 Å². The van der Waals surface area contributed by atoms with Crippen molar-refractivity contribution in [2.75, 3.05) is 7.11 Å². The molecule has 0 spiro atoms. The molecule has 0 bridgehead atoms. The van der Waals surface area contributed by atoms with E-state index in [1.165, 1.54) is 7.11 Å². The summed E-state index contributed by atoms with van der Waals surface area (Å²) in [5.41, 5.74) is 0.823. The first-order chi connectivity index (χ1) is 9.04. The van der Waals surface area contributed by atoms with Gasteiger partial charge in [-0.1, -0.05) is 30.3 Å². The van der Waals surface area contributed by atoms with Crippen molar-refractivity contribution in [2.24, 2.45) is 0 Å². The molecule has 6 heteroatoms. The quantitative estimate of drug-likeness (QED) is 0.813. The summed E-state index contributed by atoms with van der Waals surface area (Å²) in [5.74, 6) is -1.17. The van der Waals surface area contributed by atoms with Crippen LogP contribution in [0.4, 0.5) is 4.79 Å². The first-order valence-electron chi connectivity index (χ1n) is 5.77. The van der Waals surface area contributed by atoms with Gasteiger partial charge in [-0.05, 0) is 12.5 Å². The van der Waals surface area contributed by atoms with Crippen LogP contribution in [0.3, 0.4) is 0 Å². The Morgan fingerprint density at radius 1 is 1.32 bits per heavy atom. The van der Waals surface area contributed by atoms with Gasteiger partial charge in [0.05, 0.1) is 6.10 Å². The van der Waals surface area contributed by atoms with Gasteiger partial charge in [0.15, 0.2) is 6.04 Å². The molecule has 0 aliphatic carbocycles. The predicted octanol–water partition coefficient (Wildman–Crippen LogP) is 1.40. The number of carbonyl (C=O) groups excluding carboxylic acids is 1. The number of alkyl carbamates (subject to hydrolysis) is 1. The van der Waals surface area contributed by atoms with E-state index in [0.717, 1.165) is 5.56 Å². The average molecular weight is 267 g/mol. The summed E-state index contributed by atoms with van der Waals surface area (Å²) in [4.78, 5) is 22.5. The zero-order valence-electron chi connectivity index (χ0n) is 10.8. The second-order valence-electron chi connectivity index (χ2n) is 3.96. The molecule has 0 saturated heterocycles. The number of hydrogen-bond donors (Lipinski definition) is 2. The van der Waals surface area contributed by atoms with Crippen LogP contribution in [0.1, 0.15) is 12.5 Å². The SMILES string of the molecule is CO[C@@H](C)[C@@H](NC(=O)OCc1ccccc1)C(=O)O. The Balaban J connectivity index is 2.47. The van der Waals surface area contributed by atoms with Crippen molar-refractivity contribution in [2.45, 2.75) is 25.7 Å². The Hall–Kier alpha value is -2.08.